The monoisotopic (exact) mass is 535 g/mol. The molecule has 5 heterocycles. The van der Waals surface area contributed by atoms with Crippen molar-refractivity contribution in [2.75, 3.05) is 69.6 Å². The summed E-state index contributed by atoms with van der Waals surface area (Å²) in [7, 11) is 3.40. The van der Waals surface area contributed by atoms with E-state index in [1.54, 1.807) is 34.2 Å². The number of benzene rings is 1. The van der Waals surface area contributed by atoms with Crippen LogP contribution in [0.5, 0.6) is 5.75 Å². The van der Waals surface area contributed by atoms with Crippen molar-refractivity contribution >= 4 is 23.0 Å². The summed E-state index contributed by atoms with van der Waals surface area (Å²) in [5.41, 5.74) is 2.32. The number of nitrogens with zero attached hydrogens (tertiary/aromatic N) is 8. The summed E-state index contributed by atoms with van der Waals surface area (Å²) < 4.78 is 21.3. The first-order chi connectivity index (χ1) is 19.0. The van der Waals surface area contributed by atoms with E-state index in [9.17, 15) is 4.79 Å². The molecule has 0 unspecified atom stereocenters. The van der Waals surface area contributed by atoms with Crippen LogP contribution in [-0.2, 0) is 18.3 Å². The Kier molecular flexibility index (Phi) is 6.85. The zero-order chi connectivity index (χ0) is 26.9. The maximum Gasteiger partial charge on any atom is 0.345 e. The van der Waals surface area contributed by atoms with E-state index in [-0.39, 0.29) is 12.4 Å². The first-order valence-electron chi connectivity index (χ1n) is 13.0. The van der Waals surface area contributed by atoms with Crippen molar-refractivity contribution < 1.29 is 13.9 Å². The first kappa shape index (κ1) is 25.2. The molecule has 206 valence electrons. The van der Waals surface area contributed by atoms with Gasteiger partial charge in [0.15, 0.2) is 11.6 Å². The lowest BCUT2D eigenvalue weighted by Gasteiger charge is -2.36. The third-order valence-electron chi connectivity index (χ3n) is 7.27. The zero-order valence-corrected chi connectivity index (χ0v) is 22.2. The van der Waals surface area contributed by atoms with E-state index in [0.717, 1.165) is 38.5 Å². The van der Waals surface area contributed by atoms with Crippen LogP contribution in [0.15, 0.2) is 56.9 Å². The molecular weight excluding hydrogens is 502 g/mol. The number of rotatable bonds is 9. The Morgan fingerprint density at radius 3 is 2.56 bits per heavy atom. The lowest BCUT2D eigenvalue weighted by atomic mass is 10.2. The number of methoxy groups -OCH3 is 1. The fourth-order valence-electron chi connectivity index (χ4n) is 5.16. The quantitative estimate of drug-likeness (QED) is 0.244. The summed E-state index contributed by atoms with van der Waals surface area (Å²) in [6.45, 7) is 6.24. The number of furan rings is 1. The van der Waals surface area contributed by atoms with Gasteiger partial charge in [-0.1, -0.05) is 0 Å². The second-order valence-corrected chi connectivity index (χ2v) is 9.61. The molecule has 0 aliphatic carbocycles. The number of imidazole rings is 1. The number of hydrogen-bond acceptors (Lipinski definition) is 10. The molecule has 13 nitrogen and oxygen atoms in total. The van der Waals surface area contributed by atoms with E-state index in [2.05, 4.69) is 26.9 Å². The van der Waals surface area contributed by atoms with Gasteiger partial charge in [0.2, 0.25) is 5.78 Å². The van der Waals surface area contributed by atoms with Gasteiger partial charge in [0.1, 0.15) is 30.4 Å². The normalized spacial score (nSPS) is 16.1. The Morgan fingerprint density at radius 1 is 1.05 bits per heavy atom. The first-order valence-corrected chi connectivity index (χ1v) is 13.0. The third kappa shape index (κ3) is 4.68. The molecule has 0 bridgehead atoms. The topological polar surface area (TPSA) is 124 Å². The van der Waals surface area contributed by atoms with Gasteiger partial charge in [-0.2, -0.15) is 4.98 Å². The van der Waals surface area contributed by atoms with Crippen LogP contribution in [0.25, 0.3) is 5.78 Å². The summed E-state index contributed by atoms with van der Waals surface area (Å²) in [6, 6.07) is 11.8. The average Bonchev–Trinajstić information content (AvgIpc) is 3.68. The van der Waals surface area contributed by atoms with Gasteiger partial charge in [0.05, 0.1) is 12.9 Å². The largest absolute Gasteiger partial charge is 0.491 e. The van der Waals surface area contributed by atoms with Crippen molar-refractivity contribution in [3.63, 3.8) is 0 Å². The number of piperazine rings is 1. The van der Waals surface area contributed by atoms with Crippen LogP contribution in [0, 0.1) is 0 Å². The van der Waals surface area contributed by atoms with Crippen LogP contribution in [0.3, 0.4) is 0 Å². The number of hydrogen-bond donors (Lipinski definition) is 1. The maximum atomic E-state index is 13.2. The zero-order valence-electron chi connectivity index (χ0n) is 22.2. The highest BCUT2D eigenvalue weighted by Crippen LogP contribution is 2.27. The van der Waals surface area contributed by atoms with E-state index in [1.165, 1.54) is 10.7 Å². The van der Waals surface area contributed by atoms with Crippen LogP contribution in [0.2, 0.25) is 0 Å². The molecule has 1 fully saturated rings. The summed E-state index contributed by atoms with van der Waals surface area (Å²) >= 11 is 0. The Balaban J connectivity index is 1.14. The fraction of sp³-hybridized carbons (Fsp3) is 0.423. The Hall–Kier alpha value is -4.07. The number of fused-ring (bicyclic) bond motifs is 3. The second-order valence-electron chi connectivity index (χ2n) is 9.61. The molecule has 6 rings (SSSR count). The van der Waals surface area contributed by atoms with Gasteiger partial charge in [-0.3, -0.25) is 19.5 Å². The number of nitrogens with two attached hydrogens (primary N) is 1. The van der Waals surface area contributed by atoms with Crippen LogP contribution in [0.4, 0.5) is 11.5 Å². The molecular formula is C26H33N9O4. The number of hydrazine groups is 1. The van der Waals surface area contributed by atoms with Crippen LogP contribution in [0.1, 0.15) is 11.5 Å². The predicted octanol–water partition coefficient (Wildman–Crippen LogP) is 0.764. The second kappa shape index (κ2) is 10.6. The van der Waals surface area contributed by atoms with Crippen molar-refractivity contribution in [1.29, 1.82) is 0 Å². The smallest absolute Gasteiger partial charge is 0.345 e. The minimum absolute atomic E-state index is 0.139. The van der Waals surface area contributed by atoms with E-state index < -0.39 is 0 Å². The van der Waals surface area contributed by atoms with Crippen LogP contribution in [-0.4, -0.2) is 89.1 Å². The minimum atomic E-state index is -0.139. The number of aliphatic imine (C=N–C) groups is 1. The summed E-state index contributed by atoms with van der Waals surface area (Å²) in [6.07, 6.45) is 1.60. The molecule has 0 amide bonds. The average molecular weight is 536 g/mol. The van der Waals surface area contributed by atoms with Gasteiger partial charge in [-0.25, -0.2) is 19.8 Å². The molecule has 2 aliphatic rings. The summed E-state index contributed by atoms with van der Waals surface area (Å²) in [4.78, 5) is 27.3. The predicted molar refractivity (Wildman–Crippen MR) is 147 cm³/mol. The van der Waals surface area contributed by atoms with Crippen molar-refractivity contribution in [2.45, 2.75) is 6.54 Å². The van der Waals surface area contributed by atoms with Crippen LogP contribution < -0.4 is 26.2 Å². The Labute approximate surface area is 225 Å². The van der Waals surface area contributed by atoms with Crippen LogP contribution >= 0.6 is 0 Å². The Morgan fingerprint density at radius 2 is 1.85 bits per heavy atom. The molecule has 3 aromatic heterocycles. The van der Waals surface area contributed by atoms with Crippen molar-refractivity contribution in [1.82, 2.24) is 23.6 Å². The van der Waals surface area contributed by atoms with Gasteiger partial charge in [-0.15, -0.1) is 0 Å². The molecule has 2 aliphatic heterocycles. The molecule has 0 saturated carbocycles. The van der Waals surface area contributed by atoms with Gasteiger partial charge >= 0.3 is 5.69 Å². The SMILES string of the molecule is COCCOc1ccc(N2CCN(CCn3c(=O)n(C)n4c5c(nc34)N(N)CN=C5c3ccco3)CC2)cc1. The summed E-state index contributed by atoms with van der Waals surface area (Å²) in [5.74, 6) is 8.77. The maximum absolute atomic E-state index is 13.2. The van der Waals surface area contributed by atoms with E-state index in [4.69, 9.17) is 24.7 Å². The van der Waals surface area contributed by atoms with E-state index >= 15 is 0 Å². The number of ether oxygens (including phenoxy) is 2. The molecule has 1 aromatic carbocycles. The Bertz CT molecular complexity index is 1510. The molecule has 4 aromatic rings. The number of aromatic nitrogens is 4. The van der Waals surface area contributed by atoms with E-state index in [0.29, 0.717) is 48.5 Å². The summed E-state index contributed by atoms with van der Waals surface area (Å²) in [5, 5.41) is 1.49. The lowest BCUT2D eigenvalue weighted by Crippen LogP contribution is -2.47. The molecule has 0 spiro atoms. The number of anilines is 2. The standard InChI is InChI=1S/C26H33N9O4/c1-30-26(36)33(25-29-24-23(35(25)30)22(28-18-34(24)27)21-4-3-15-39-21)14-11-31-9-12-32(13-10-31)19-5-7-20(8-6-19)38-17-16-37-2/h3-8,15H,9-14,16-18,27H2,1-2H3. The van der Waals surface area contributed by atoms with Gasteiger partial charge in [0.25, 0.3) is 0 Å². The highest BCUT2D eigenvalue weighted by molar-refractivity contribution is 6.14. The molecule has 0 radical (unpaired) electrons. The molecule has 39 heavy (non-hydrogen) atoms. The fourth-order valence-corrected chi connectivity index (χ4v) is 5.16. The highest BCUT2D eigenvalue weighted by atomic mass is 16.5. The molecule has 13 heteroatoms. The van der Waals surface area contributed by atoms with Crippen molar-refractivity contribution in [3.05, 3.63) is 64.6 Å². The molecule has 2 N–H and O–H groups in total. The van der Waals surface area contributed by atoms with E-state index in [1.807, 2.05) is 24.3 Å². The molecule has 1 saturated heterocycles. The van der Waals surface area contributed by atoms with Crippen molar-refractivity contribution in [2.24, 2.45) is 17.9 Å². The lowest BCUT2D eigenvalue weighted by molar-refractivity contribution is 0.146. The van der Waals surface area contributed by atoms with Gasteiger partial charge in [0, 0.05) is 59.1 Å². The van der Waals surface area contributed by atoms with Gasteiger partial charge in [-0.05, 0) is 36.4 Å². The minimum Gasteiger partial charge on any atom is -0.491 e. The van der Waals surface area contributed by atoms with Crippen molar-refractivity contribution in [3.8, 4) is 5.75 Å². The molecule has 0 atom stereocenters. The highest BCUT2D eigenvalue weighted by Gasteiger charge is 2.31. The van der Waals surface area contributed by atoms with Gasteiger partial charge < -0.3 is 18.8 Å². The number of aryl methyl sites for hydroxylation is 1. The third-order valence-corrected chi connectivity index (χ3v) is 7.27.